The number of carbonyl (C=O) groups excluding carboxylic acids is 1. The normalized spacial score (nSPS) is 21.2. The lowest BCUT2D eigenvalue weighted by Gasteiger charge is -2.35. The summed E-state index contributed by atoms with van der Waals surface area (Å²) in [6, 6.07) is 2.35. The third kappa shape index (κ3) is 3.23. The molecule has 0 aliphatic carbocycles. The van der Waals surface area contributed by atoms with Gasteiger partial charge in [-0.15, -0.1) is 0 Å². The number of hydrogen-bond donors (Lipinski definition) is 0. The minimum Gasteiger partial charge on any atom is -0.343 e. The highest BCUT2D eigenvalue weighted by Gasteiger charge is 2.31. The SMILES string of the molecule is CCC(C)CC(=O)N1CCC(C)(C#N)CC1. The van der Waals surface area contributed by atoms with Crippen molar-refractivity contribution in [3.8, 4) is 6.07 Å². The maximum atomic E-state index is 11.9. The fraction of sp³-hybridized carbons (Fsp3) is 0.846. The Morgan fingerprint density at radius 3 is 2.50 bits per heavy atom. The van der Waals surface area contributed by atoms with Crippen LogP contribution in [0.5, 0.6) is 0 Å². The van der Waals surface area contributed by atoms with E-state index in [9.17, 15) is 4.79 Å². The van der Waals surface area contributed by atoms with Crippen LogP contribution in [0.2, 0.25) is 0 Å². The van der Waals surface area contributed by atoms with Crippen LogP contribution in [-0.2, 0) is 4.79 Å². The molecule has 1 aliphatic heterocycles. The van der Waals surface area contributed by atoms with Gasteiger partial charge in [0.15, 0.2) is 0 Å². The quantitative estimate of drug-likeness (QED) is 0.736. The van der Waals surface area contributed by atoms with E-state index in [2.05, 4.69) is 19.9 Å². The van der Waals surface area contributed by atoms with E-state index in [0.717, 1.165) is 32.4 Å². The standard InChI is InChI=1S/C13H22N2O/c1-4-11(2)9-12(16)15-7-5-13(3,10-14)6-8-15/h11H,4-9H2,1-3H3. The first-order valence-electron chi connectivity index (χ1n) is 6.20. The third-order valence-corrected chi connectivity index (χ3v) is 3.71. The second kappa shape index (κ2) is 5.34. The highest BCUT2D eigenvalue weighted by atomic mass is 16.2. The third-order valence-electron chi connectivity index (χ3n) is 3.71. The van der Waals surface area contributed by atoms with E-state index in [4.69, 9.17) is 5.26 Å². The molecule has 1 fully saturated rings. The van der Waals surface area contributed by atoms with Crippen molar-refractivity contribution in [1.82, 2.24) is 4.90 Å². The summed E-state index contributed by atoms with van der Waals surface area (Å²) in [5, 5.41) is 9.01. The zero-order chi connectivity index (χ0) is 12.2. The van der Waals surface area contributed by atoms with Gasteiger partial charge in [-0.25, -0.2) is 0 Å². The fourth-order valence-corrected chi connectivity index (χ4v) is 1.93. The Morgan fingerprint density at radius 1 is 1.50 bits per heavy atom. The van der Waals surface area contributed by atoms with Gasteiger partial charge in [-0.1, -0.05) is 20.3 Å². The van der Waals surface area contributed by atoms with Crippen molar-refractivity contribution in [2.45, 2.75) is 46.5 Å². The highest BCUT2D eigenvalue weighted by molar-refractivity contribution is 5.76. The summed E-state index contributed by atoms with van der Waals surface area (Å²) in [5.41, 5.74) is -0.215. The summed E-state index contributed by atoms with van der Waals surface area (Å²) >= 11 is 0. The smallest absolute Gasteiger partial charge is 0.222 e. The van der Waals surface area contributed by atoms with Gasteiger partial charge < -0.3 is 4.90 Å². The van der Waals surface area contributed by atoms with Gasteiger partial charge in [0.1, 0.15) is 0 Å². The molecule has 1 aliphatic rings. The summed E-state index contributed by atoms with van der Waals surface area (Å²) in [4.78, 5) is 13.8. The molecule has 16 heavy (non-hydrogen) atoms. The molecule has 1 heterocycles. The topological polar surface area (TPSA) is 44.1 Å². The van der Waals surface area contributed by atoms with Gasteiger partial charge in [-0.05, 0) is 25.7 Å². The molecule has 1 atom stereocenters. The first-order chi connectivity index (χ1) is 7.50. The lowest BCUT2D eigenvalue weighted by Crippen LogP contribution is -2.42. The monoisotopic (exact) mass is 222 g/mol. The first kappa shape index (κ1) is 13.0. The Balaban J connectivity index is 2.42. The van der Waals surface area contributed by atoms with E-state index in [1.165, 1.54) is 0 Å². The molecule has 0 radical (unpaired) electrons. The van der Waals surface area contributed by atoms with Crippen molar-refractivity contribution in [3.05, 3.63) is 0 Å². The predicted octanol–water partition coefficient (Wildman–Crippen LogP) is 2.57. The molecule has 1 saturated heterocycles. The Labute approximate surface area is 98.4 Å². The number of likely N-dealkylation sites (tertiary alicyclic amines) is 1. The van der Waals surface area contributed by atoms with Crippen molar-refractivity contribution in [1.29, 1.82) is 5.26 Å². The maximum Gasteiger partial charge on any atom is 0.222 e. The maximum absolute atomic E-state index is 11.9. The van der Waals surface area contributed by atoms with Gasteiger partial charge in [-0.3, -0.25) is 4.79 Å². The van der Waals surface area contributed by atoms with Crippen molar-refractivity contribution >= 4 is 5.91 Å². The summed E-state index contributed by atoms with van der Waals surface area (Å²) in [6.07, 6.45) is 3.33. The first-order valence-corrected chi connectivity index (χ1v) is 6.20. The second-order valence-corrected chi connectivity index (χ2v) is 5.27. The Bertz CT molecular complexity index is 285. The number of amides is 1. The number of carbonyl (C=O) groups is 1. The summed E-state index contributed by atoms with van der Waals surface area (Å²) < 4.78 is 0. The average molecular weight is 222 g/mol. The summed E-state index contributed by atoms with van der Waals surface area (Å²) in [6.45, 7) is 7.71. The Morgan fingerprint density at radius 2 is 2.06 bits per heavy atom. The molecule has 90 valence electrons. The molecule has 0 aromatic rings. The van der Waals surface area contributed by atoms with Crippen molar-refractivity contribution in [2.24, 2.45) is 11.3 Å². The number of hydrogen-bond acceptors (Lipinski definition) is 2. The van der Waals surface area contributed by atoms with Crippen molar-refractivity contribution < 1.29 is 4.79 Å². The fourth-order valence-electron chi connectivity index (χ4n) is 1.93. The molecule has 3 nitrogen and oxygen atoms in total. The van der Waals surface area contributed by atoms with Crippen molar-refractivity contribution in [2.75, 3.05) is 13.1 Å². The van der Waals surface area contributed by atoms with E-state index >= 15 is 0 Å². The highest BCUT2D eigenvalue weighted by Crippen LogP contribution is 2.30. The van der Waals surface area contributed by atoms with Crippen LogP contribution in [0.15, 0.2) is 0 Å². The van der Waals surface area contributed by atoms with Crippen LogP contribution in [0.3, 0.4) is 0 Å². The predicted molar refractivity (Wildman–Crippen MR) is 63.6 cm³/mol. The van der Waals surface area contributed by atoms with Crippen LogP contribution < -0.4 is 0 Å². The lowest BCUT2D eigenvalue weighted by atomic mass is 9.82. The molecule has 1 rings (SSSR count). The van der Waals surface area contributed by atoms with E-state index < -0.39 is 0 Å². The van der Waals surface area contributed by atoms with Crippen LogP contribution in [0.25, 0.3) is 0 Å². The molecular formula is C13H22N2O. The molecule has 0 saturated carbocycles. The molecule has 0 aromatic carbocycles. The molecule has 0 bridgehead atoms. The lowest BCUT2D eigenvalue weighted by molar-refractivity contribution is -0.133. The second-order valence-electron chi connectivity index (χ2n) is 5.27. The zero-order valence-electron chi connectivity index (χ0n) is 10.6. The Hall–Kier alpha value is -1.04. The van der Waals surface area contributed by atoms with Gasteiger partial charge in [0.25, 0.3) is 0 Å². The molecular weight excluding hydrogens is 200 g/mol. The molecule has 0 aromatic heterocycles. The van der Waals surface area contributed by atoms with Gasteiger partial charge in [0.05, 0.1) is 11.5 Å². The molecule has 0 N–H and O–H groups in total. The van der Waals surface area contributed by atoms with Gasteiger partial charge >= 0.3 is 0 Å². The zero-order valence-corrected chi connectivity index (χ0v) is 10.6. The van der Waals surface area contributed by atoms with E-state index in [1.807, 2.05) is 11.8 Å². The molecule has 1 amide bonds. The minimum absolute atomic E-state index is 0.215. The van der Waals surface area contributed by atoms with Crippen LogP contribution in [-0.4, -0.2) is 23.9 Å². The molecule has 0 spiro atoms. The van der Waals surface area contributed by atoms with E-state index in [0.29, 0.717) is 12.3 Å². The average Bonchev–Trinajstić information content (AvgIpc) is 2.29. The van der Waals surface area contributed by atoms with E-state index in [-0.39, 0.29) is 11.3 Å². The van der Waals surface area contributed by atoms with Crippen molar-refractivity contribution in [3.63, 3.8) is 0 Å². The number of nitriles is 1. The number of piperidine rings is 1. The van der Waals surface area contributed by atoms with Gasteiger partial charge in [0.2, 0.25) is 5.91 Å². The minimum atomic E-state index is -0.215. The van der Waals surface area contributed by atoms with Crippen LogP contribution in [0.1, 0.15) is 46.5 Å². The van der Waals surface area contributed by atoms with Crippen LogP contribution in [0.4, 0.5) is 0 Å². The molecule has 1 unspecified atom stereocenters. The van der Waals surface area contributed by atoms with Crippen LogP contribution >= 0.6 is 0 Å². The van der Waals surface area contributed by atoms with Gasteiger partial charge in [0, 0.05) is 19.5 Å². The van der Waals surface area contributed by atoms with E-state index in [1.54, 1.807) is 0 Å². The summed E-state index contributed by atoms with van der Waals surface area (Å²) in [7, 11) is 0. The number of nitrogens with zero attached hydrogens (tertiary/aromatic N) is 2. The largest absolute Gasteiger partial charge is 0.343 e. The number of rotatable bonds is 3. The Kier molecular flexibility index (Phi) is 4.35. The van der Waals surface area contributed by atoms with Gasteiger partial charge in [-0.2, -0.15) is 5.26 Å². The van der Waals surface area contributed by atoms with Crippen LogP contribution in [0, 0.1) is 22.7 Å². The molecule has 3 heteroatoms. The summed E-state index contributed by atoms with van der Waals surface area (Å²) in [5.74, 6) is 0.728.